The van der Waals surface area contributed by atoms with Crippen LogP contribution in [0, 0.1) is 17.8 Å². The second-order valence-corrected chi connectivity index (χ2v) is 9.17. The number of hydrogen-bond acceptors (Lipinski definition) is 5. The van der Waals surface area contributed by atoms with Gasteiger partial charge in [0, 0.05) is 9.75 Å². The SMILES string of the molecule is Cc1sc(-c2ccc(O)cc2)cc1C1C(=O)C(C)(C)C(=O)C(C)(C)C1=O. The van der Waals surface area contributed by atoms with Gasteiger partial charge in [-0.1, -0.05) is 0 Å². The minimum Gasteiger partial charge on any atom is -0.508 e. The molecule has 1 fully saturated rings. The van der Waals surface area contributed by atoms with Gasteiger partial charge in [0.1, 0.15) is 11.7 Å². The molecule has 2 aromatic rings. The molecule has 1 aromatic carbocycles. The normalized spacial score (nSPS) is 19.8. The van der Waals surface area contributed by atoms with Gasteiger partial charge in [-0.2, -0.15) is 0 Å². The van der Waals surface area contributed by atoms with E-state index in [0.717, 1.165) is 15.3 Å². The lowest BCUT2D eigenvalue weighted by atomic mass is 9.57. The molecule has 0 radical (unpaired) electrons. The molecular weight excluding hydrogens is 348 g/mol. The molecule has 1 aromatic heterocycles. The fraction of sp³-hybridized carbons (Fsp3) is 0.381. The lowest BCUT2D eigenvalue weighted by Crippen LogP contribution is -2.56. The van der Waals surface area contributed by atoms with Crippen molar-refractivity contribution in [1.29, 1.82) is 0 Å². The van der Waals surface area contributed by atoms with Crippen molar-refractivity contribution in [2.24, 2.45) is 10.8 Å². The van der Waals surface area contributed by atoms with Gasteiger partial charge in [-0.3, -0.25) is 14.4 Å². The molecular formula is C21H22O4S. The quantitative estimate of drug-likeness (QED) is 0.801. The van der Waals surface area contributed by atoms with Crippen molar-refractivity contribution in [3.05, 3.63) is 40.8 Å². The van der Waals surface area contributed by atoms with E-state index >= 15 is 0 Å². The zero-order chi connectivity index (χ0) is 19.4. The first-order chi connectivity index (χ1) is 12.0. The van der Waals surface area contributed by atoms with Crippen molar-refractivity contribution in [2.45, 2.75) is 40.5 Å². The van der Waals surface area contributed by atoms with Gasteiger partial charge in [0.05, 0.1) is 10.8 Å². The third-order valence-corrected chi connectivity index (χ3v) is 6.43. The lowest BCUT2D eigenvalue weighted by molar-refractivity contribution is -0.157. The smallest absolute Gasteiger partial charge is 0.160 e. The molecule has 0 bridgehead atoms. The second-order valence-electron chi connectivity index (χ2n) is 7.91. The van der Waals surface area contributed by atoms with Crippen LogP contribution in [0.5, 0.6) is 5.75 Å². The van der Waals surface area contributed by atoms with Crippen LogP contribution in [0.1, 0.15) is 44.1 Å². The van der Waals surface area contributed by atoms with Gasteiger partial charge in [0.15, 0.2) is 17.3 Å². The molecule has 1 heterocycles. The predicted octanol–water partition coefficient (Wildman–Crippen LogP) is 4.29. The number of aromatic hydroxyl groups is 1. The molecule has 136 valence electrons. The second kappa shape index (κ2) is 5.88. The average molecular weight is 370 g/mol. The summed E-state index contributed by atoms with van der Waals surface area (Å²) >= 11 is 1.50. The van der Waals surface area contributed by atoms with Crippen LogP contribution in [-0.2, 0) is 14.4 Å². The molecule has 0 spiro atoms. The van der Waals surface area contributed by atoms with E-state index in [1.54, 1.807) is 52.0 Å². The summed E-state index contributed by atoms with van der Waals surface area (Å²) in [7, 11) is 0. The highest BCUT2D eigenvalue weighted by Gasteiger charge is 2.58. The van der Waals surface area contributed by atoms with Crippen LogP contribution < -0.4 is 0 Å². The molecule has 26 heavy (non-hydrogen) atoms. The van der Waals surface area contributed by atoms with Crippen molar-refractivity contribution in [1.82, 2.24) is 0 Å². The number of carbonyl (C=O) groups is 3. The number of hydrogen-bond donors (Lipinski definition) is 1. The Morgan fingerprint density at radius 3 is 1.92 bits per heavy atom. The molecule has 0 aliphatic heterocycles. The average Bonchev–Trinajstić information content (AvgIpc) is 2.95. The summed E-state index contributed by atoms with van der Waals surface area (Å²) in [5, 5.41) is 9.46. The van der Waals surface area contributed by atoms with Crippen LogP contribution in [0.4, 0.5) is 0 Å². The number of aryl methyl sites for hydroxylation is 1. The Hall–Kier alpha value is -2.27. The number of Topliss-reactive ketones (excluding diaryl/α,β-unsaturated/α-hetero) is 3. The molecule has 1 aliphatic carbocycles. The van der Waals surface area contributed by atoms with E-state index < -0.39 is 16.7 Å². The highest BCUT2D eigenvalue weighted by molar-refractivity contribution is 7.15. The minimum atomic E-state index is -1.19. The Balaban J connectivity index is 2.11. The number of phenolic OH excluding ortho intramolecular Hbond substituents is 1. The molecule has 0 saturated heterocycles. The maximum absolute atomic E-state index is 13.0. The molecule has 5 heteroatoms. The van der Waals surface area contributed by atoms with Crippen LogP contribution in [0.25, 0.3) is 10.4 Å². The lowest BCUT2D eigenvalue weighted by Gasteiger charge is -2.40. The van der Waals surface area contributed by atoms with Crippen LogP contribution >= 0.6 is 11.3 Å². The van der Waals surface area contributed by atoms with Crippen molar-refractivity contribution in [3.63, 3.8) is 0 Å². The Kier molecular flexibility index (Phi) is 4.19. The summed E-state index contributed by atoms with van der Waals surface area (Å²) in [6, 6.07) is 8.67. The van der Waals surface area contributed by atoms with E-state index in [1.165, 1.54) is 11.3 Å². The molecule has 1 N–H and O–H groups in total. The highest BCUT2D eigenvalue weighted by Crippen LogP contribution is 2.47. The van der Waals surface area contributed by atoms with Gasteiger partial charge in [-0.15, -0.1) is 11.3 Å². The first-order valence-electron chi connectivity index (χ1n) is 8.51. The van der Waals surface area contributed by atoms with E-state index in [-0.39, 0.29) is 23.1 Å². The van der Waals surface area contributed by atoms with Gasteiger partial charge in [-0.05, 0) is 76.1 Å². The zero-order valence-electron chi connectivity index (χ0n) is 15.5. The summed E-state index contributed by atoms with van der Waals surface area (Å²) in [5.41, 5.74) is -0.779. The first kappa shape index (κ1) is 18.5. The molecule has 1 saturated carbocycles. The van der Waals surface area contributed by atoms with Crippen LogP contribution in [-0.4, -0.2) is 22.5 Å². The van der Waals surface area contributed by atoms with Crippen LogP contribution in [0.15, 0.2) is 30.3 Å². The number of ketones is 3. The van der Waals surface area contributed by atoms with Gasteiger partial charge >= 0.3 is 0 Å². The summed E-state index contributed by atoms with van der Waals surface area (Å²) in [6.07, 6.45) is 0. The number of thiophene rings is 1. The van der Waals surface area contributed by atoms with Crippen molar-refractivity contribution in [2.75, 3.05) is 0 Å². The molecule has 3 rings (SSSR count). The standard InChI is InChI=1S/C21H22O4S/c1-11-14(10-15(26-11)12-6-8-13(22)9-7-12)16-17(23)20(2,3)19(25)21(4,5)18(16)24/h6-10,16,22H,1-5H3. The maximum Gasteiger partial charge on any atom is 0.160 e. The minimum absolute atomic E-state index is 0.182. The molecule has 0 amide bonds. The number of benzene rings is 1. The van der Waals surface area contributed by atoms with E-state index in [0.29, 0.717) is 5.56 Å². The Morgan fingerprint density at radius 1 is 0.923 bits per heavy atom. The van der Waals surface area contributed by atoms with Gasteiger partial charge in [0.25, 0.3) is 0 Å². The van der Waals surface area contributed by atoms with E-state index in [9.17, 15) is 19.5 Å². The Bertz CT molecular complexity index is 886. The maximum atomic E-state index is 13.0. The van der Waals surface area contributed by atoms with Crippen LogP contribution in [0.2, 0.25) is 0 Å². The third-order valence-electron chi connectivity index (χ3n) is 5.31. The summed E-state index contributed by atoms with van der Waals surface area (Å²) < 4.78 is 0. The van der Waals surface area contributed by atoms with Crippen molar-refractivity contribution in [3.8, 4) is 16.2 Å². The largest absolute Gasteiger partial charge is 0.508 e. The molecule has 0 unspecified atom stereocenters. The summed E-state index contributed by atoms with van der Waals surface area (Å²) in [4.78, 5) is 40.5. The zero-order valence-corrected chi connectivity index (χ0v) is 16.4. The third kappa shape index (κ3) is 2.62. The van der Waals surface area contributed by atoms with Crippen molar-refractivity contribution >= 4 is 28.7 Å². The number of rotatable bonds is 2. The first-order valence-corrected chi connectivity index (χ1v) is 9.33. The van der Waals surface area contributed by atoms with E-state index in [4.69, 9.17) is 0 Å². The monoisotopic (exact) mass is 370 g/mol. The Morgan fingerprint density at radius 2 is 1.42 bits per heavy atom. The topological polar surface area (TPSA) is 71.4 Å². The number of phenols is 1. The van der Waals surface area contributed by atoms with E-state index in [2.05, 4.69) is 0 Å². The highest BCUT2D eigenvalue weighted by atomic mass is 32.1. The molecule has 1 aliphatic rings. The fourth-order valence-electron chi connectivity index (χ4n) is 3.68. The fourth-order valence-corrected chi connectivity index (χ4v) is 4.74. The Labute approximate surface area is 156 Å². The number of carbonyl (C=O) groups excluding carboxylic acids is 3. The van der Waals surface area contributed by atoms with Gasteiger partial charge in [-0.25, -0.2) is 0 Å². The summed E-state index contributed by atoms with van der Waals surface area (Å²) in [5.74, 6) is -1.71. The summed E-state index contributed by atoms with van der Waals surface area (Å²) in [6.45, 7) is 8.34. The molecule has 0 atom stereocenters. The van der Waals surface area contributed by atoms with Crippen molar-refractivity contribution < 1.29 is 19.5 Å². The van der Waals surface area contributed by atoms with Gasteiger partial charge in [0.2, 0.25) is 0 Å². The molecule has 4 nitrogen and oxygen atoms in total. The predicted molar refractivity (Wildman–Crippen MR) is 101 cm³/mol. The van der Waals surface area contributed by atoms with E-state index in [1.807, 2.05) is 13.0 Å². The van der Waals surface area contributed by atoms with Gasteiger partial charge < -0.3 is 5.11 Å². The van der Waals surface area contributed by atoms with Crippen LogP contribution in [0.3, 0.4) is 0 Å².